The number of nitrogens with one attached hydrogen (secondary N) is 1. The lowest BCUT2D eigenvalue weighted by molar-refractivity contribution is 0.170. The van der Waals surface area contributed by atoms with Gasteiger partial charge in [0.1, 0.15) is 13.2 Å². The molecule has 0 bridgehead atoms. The summed E-state index contributed by atoms with van der Waals surface area (Å²) in [5, 5.41) is 3.41. The summed E-state index contributed by atoms with van der Waals surface area (Å²) < 4.78 is 12.1. The van der Waals surface area contributed by atoms with Gasteiger partial charge >= 0.3 is 0 Å². The van der Waals surface area contributed by atoms with Gasteiger partial charge in [0.15, 0.2) is 11.5 Å². The number of fused-ring (bicyclic) bond motifs is 1. The fourth-order valence-corrected chi connectivity index (χ4v) is 2.36. The first-order valence-electron chi connectivity index (χ1n) is 6.46. The molecular weight excluding hydrogens is 306 g/mol. The van der Waals surface area contributed by atoms with Gasteiger partial charge in [-0.25, -0.2) is 0 Å². The maximum atomic E-state index is 5.60. The van der Waals surface area contributed by atoms with E-state index in [1.54, 1.807) is 0 Å². The number of benzene rings is 1. The lowest BCUT2D eigenvalue weighted by atomic mass is 10.1. The van der Waals surface area contributed by atoms with Crippen LogP contribution in [0.15, 0.2) is 22.7 Å². The van der Waals surface area contributed by atoms with Crippen molar-refractivity contribution < 1.29 is 9.47 Å². The van der Waals surface area contributed by atoms with E-state index in [4.69, 9.17) is 9.47 Å². The van der Waals surface area contributed by atoms with Crippen LogP contribution in [-0.4, -0.2) is 25.3 Å². The highest BCUT2D eigenvalue weighted by molar-refractivity contribution is 9.10. The molecule has 1 aliphatic rings. The highest BCUT2D eigenvalue weighted by Gasteiger charge is 2.15. The molecule has 0 saturated heterocycles. The largest absolute Gasteiger partial charge is 0.486 e. The van der Waals surface area contributed by atoms with Crippen LogP contribution in [0.5, 0.6) is 11.5 Å². The Balaban J connectivity index is 2.05. The van der Waals surface area contributed by atoms with E-state index >= 15 is 0 Å². The van der Waals surface area contributed by atoms with E-state index in [9.17, 15) is 0 Å². The highest BCUT2D eigenvalue weighted by atomic mass is 79.9. The minimum Gasteiger partial charge on any atom is -0.486 e. The third kappa shape index (κ3) is 4.25. The summed E-state index contributed by atoms with van der Waals surface area (Å²) in [6.07, 6.45) is 4.20. The molecule has 0 aromatic heterocycles. The van der Waals surface area contributed by atoms with Gasteiger partial charge in [0.05, 0.1) is 4.47 Å². The number of ether oxygens (including phenoxy) is 2. The van der Waals surface area contributed by atoms with Crippen molar-refractivity contribution >= 4 is 22.0 Å². The molecule has 0 unspecified atom stereocenters. The van der Waals surface area contributed by atoms with Crippen LogP contribution in [0.4, 0.5) is 0 Å². The van der Waals surface area contributed by atoms with Crippen LogP contribution < -0.4 is 14.8 Å². The highest BCUT2D eigenvalue weighted by Crippen LogP contribution is 2.38. The van der Waals surface area contributed by atoms with Crippen molar-refractivity contribution in [3.63, 3.8) is 0 Å². The quantitative estimate of drug-likeness (QED) is 0.920. The zero-order chi connectivity index (χ0) is 13.9. The molecule has 1 aromatic rings. The van der Waals surface area contributed by atoms with E-state index in [1.807, 2.05) is 12.1 Å². The fourth-order valence-electron chi connectivity index (χ4n) is 1.79. The van der Waals surface area contributed by atoms with Gasteiger partial charge in [0, 0.05) is 12.1 Å². The average molecular weight is 326 g/mol. The zero-order valence-electron chi connectivity index (χ0n) is 11.6. The molecule has 4 heteroatoms. The molecule has 1 N–H and O–H groups in total. The predicted molar refractivity (Wildman–Crippen MR) is 81.9 cm³/mol. The van der Waals surface area contributed by atoms with E-state index < -0.39 is 0 Å². The van der Waals surface area contributed by atoms with E-state index in [-0.39, 0.29) is 5.54 Å². The molecule has 0 atom stereocenters. The van der Waals surface area contributed by atoms with E-state index in [0.29, 0.717) is 13.2 Å². The number of hydrogen-bond acceptors (Lipinski definition) is 3. The SMILES string of the molecule is CC(C)(C)NCC=Cc1cc(Br)c2c(c1)OCCO2. The second-order valence-corrected chi connectivity index (χ2v) is 6.41. The summed E-state index contributed by atoms with van der Waals surface area (Å²) in [5.41, 5.74) is 1.24. The molecule has 1 aliphatic heterocycles. The summed E-state index contributed by atoms with van der Waals surface area (Å²) in [7, 11) is 0. The van der Waals surface area contributed by atoms with Crippen LogP contribution in [0.2, 0.25) is 0 Å². The van der Waals surface area contributed by atoms with Gasteiger partial charge in [0.2, 0.25) is 0 Å². The molecule has 19 heavy (non-hydrogen) atoms. The first kappa shape index (κ1) is 14.4. The van der Waals surface area contributed by atoms with Gasteiger partial charge in [-0.3, -0.25) is 0 Å². The predicted octanol–water partition coefficient (Wildman–Crippen LogP) is 3.62. The van der Waals surface area contributed by atoms with E-state index in [0.717, 1.165) is 28.1 Å². The Hall–Kier alpha value is -1.00. The van der Waals surface area contributed by atoms with Crippen LogP contribution in [0.1, 0.15) is 26.3 Å². The van der Waals surface area contributed by atoms with Crippen LogP contribution >= 0.6 is 15.9 Å². The van der Waals surface area contributed by atoms with Crippen molar-refractivity contribution in [2.75, 3.05) is 19.8 Å². The summed E-state index contributed by atoms with van der Waals surface area (Å²) in [5.74, 6) is 1.61. The smallest absolute Gasteiger partial charge is 0.175 e. The van der Waals surface area contributed by atoms with Crippen LogP contribution in [0, 0.1) is 0 Å². The van der Waals surface area contributed by atoms with Crippen molar-refractivity contribution in [3.8, 4) is 11.5 Å². The van der Waals surface area contributed by atoms with Gasteiger partial charge < -0.3 is 14.8 Å². The van der Waals surface area contributed by atoms with Crippen LogP contribution in [0.3, 0.4) is 0 Å². The average Bonchev–Trinajstić information content (AvgIpc) is 2.34. The first-order valence-corrected chi connectivity index (χ1v) is 7.26. The summed E-state index contributed by atoms with van der Waals surface area (Å²) in [6, 6.07) is 4.05. The minimum atomic E-state index is 0.137. The first-order chi connectivity index (χ1) is 8.96. The molecule has 0 aliphatic carbocycles. The maximum Gasteiger partial charge on any atom is 0.175 e. The Morgan fingerprint density at radius 2 is 2.00 bits per heavy atom. The van der Waals surface area contributed by atoms with Gasteiger partial charge in [-0.1, -0.05) is 12.2 Å². The van der Waals surface area contributed by atoms with Crippen LogP contribution in [0.25, 0.3) is 6.08 Å². The van der Waals surface area contributed by atoms with Gasteiger partial charge in [-0.05, 0) is 54.4 Å². The van der Waals surface area contributed by atoms with Crippen molar-refractivity contribution in [2.24, 2.45) is 0 Å². The Kier molecular flexibility index (Phi) is 4.53. The zero-order valence-corrected chi connectivity index (χ0v) is 13.2. The molecule has 3 nitrogen and oxygen atoms in total. The molecule has 2 rings (SSSR count). The lowest BCUT2D eigenvalue weighted by Crippen LogP contribution is -2.35. The Morgan fingerprint density at radius 3 is 2.74 bits per heavy atom. The minimum absolute atomic E-state index is 0.137. The molecule has 0 radical (unpaired) electrons. The van der Waals surface area contributed by atoms with Crippen molar-refractivity contribution in [1.29, 1.82) is 0 Å². The fraction of sp³-hybridized carbons (Fsp3) is 0.467. The third-order valence-corrected chi connectivity index (χ3v) is 3.27. The van der Waals surface area contributed by atoms with Crippen molar-refractivity contribution in [1.82, 2.24) is 5.32 Å². The molecule has 104 valence electrons. The Morgan fingerprint density at radius 1 is 1.26 bits per heavy atom. The van der Waals surface area contributed by atoms with Crippen LogP contribution in [-0.2, 0) is 0 Å². The lowest BCUT2D eigenvalue weighted by Gasteiger charge is -2.20. The molecule has 0 spiro atoms. The normalized spacial score (nSPS) is 14.9. The molecule has 1 heterocycles. The number of rotatable bonds is 3. The Labute approximate surface area is 123 Å². The molecule has 0 fully saturated rings. The van der Waals surface area contributed by atoms with E-state index in [2.05, 4.69) is 54.2 Å². The topological polar surface area (TPSA) is 30.5 Å². The van der Waals surface area contributed by atoms with E-state index in [1.165, 1.54) is 0 Å². The summed E-state index contributed by atoms with van der Waals surface area (Å²) in [6.45, 7) is 8.52. The van der Waals surface area contributed by atoms with Gasteiger partial charge in [-0.15, -0.1) is 0 Å². The second kappa shape index (κ2) is 5.97. The second-order valence-electron chi connectivity index (χ2n) is 5.56. The molecule has 0 saturated carbocycles. The van der Waals surface area contributed by atoms with Crippen molar-refractivity contribution in [3.05, 3.63) is 28.2 Å². The standard InChI is InChI=1S/C15H20BrNO2/c1-15(2,3)17-6-4-5-11-9-12(16)14-13(10-11)18-7-8-19-14/h4-5,9-10,17H,6-8H2,1-3H3. The third-order valence-electron chi connectivity index (χ3n) is 2.68. The molecule has 1 aromatic carbocycles. The number of halogens is 1. The monoisotopic (exact) mass is 325 g/mol. The summed E-state index contributed by atoms with van der Waals surface area (Å²) >= 11 is 3.52. The molecule has 0 amide bonds. The summed E-state index contributed by atoms with van der Waals surface area (Å²) in [4.78, 5) is 0. The Bertz CT molecular complexity index is 478. The maximum absolute atomic E-state index is 5.60. The van der Waals surface area contributed by atoms with Gasteiger partial charge in [-0.2, -0.15) is 0 Å². The van der Waals surface area contributed by atoms with Gasteiger partial charge in [0.25, 0.3) is 0 Å². The van der Waals surface area contributed by atoms with Crippen molar-refractivity contribution in [2.45, 2.75) is 26.3 Å². The number of hydrogen-bond donors (Lipinski definition) is 1. The molecular formula is C15H20BrNO2.